The van der Waals surface area contributed by atoms with Crippen LogP contribution in [0.4, 0.5) is 0 Å². The summed E-state index contributed by atoms with van der Waals surface area (Å²) in [6, 6.07) is 0. The lowest BCUT2D eigenvalue weighted by atomic mass is 10.3. The Morgan fingerprint density at radius 1 is 1.45 bits per heavy atom. The minimum Gasteiger partial charge on any atom is -0.383 e. The molecular weight excluding hydrogens is 260 g/mol. The largest absolute Gasteiger partial charge is 0.383 e. The topological polar surface area (TPSA) is 90.9 Å². The maximum atomic E-state index is 5.13. The van der Waals surface area contributed by atoms with Crippen molar-refractivity contribution in [3.05, 3.63) is 23.6 Å². The summed E-state index contributed by atoms with van der Waals surface area (Å²) >= 11 is 0. The number of nitrogens with zero attached hydrogens (tertiary/aromatic N) is 5. The van der Waals surface area contributed by atoms with E-state index < -0.39 is 0 Å². The predicted octanol–water partition coefficient (Wildman–Crippen LogP) is 0.398. The SMILES string of the molecule is CCCc1nc(Cn2cc(CNCCOC)nn2)no1. The van der Waals surface area contributed by atoms with E-state index in [1.165, 1.54) is 0 Å². The van der Waals surface area contributed by atoms with Crippen molar-refractivity contribution in [1.82, 2.24) is 30.5 Å². The summed E-state index contributed by atoms with van der Waals surface area (Å²) in [5.41, 5.74) is 0.873. The fourth-order valence-electron chi connectivity index (χ4n) is 1.70. The second-order valence-electron chi connectivity index (χ2n) is 4.43. The summed E-state index contributed by atoms with van der Waals surface area (Å²) in [6.45, 7) is 4.67. The third-order valence-electron chi connectivity index (χ3n) is 2.65. The first-order valence-electron chi connectivity index (χ1n) is 6.72. The zero-order valence-corrected chi connectivity index (χ0v) is 11.9. The molecule has 0 spiro atoms. The highest BCUT2D eigenvalue weighted by atomic mass is 16.5. The number of methoxy groups -OCH3 is 1. The summed E-state index contributed by atoms with van der Waals surface area (Å²) in [5, 5.41) is 15.2. The number of hydrogen-bond acceptors (Lipinski definition) is 7. The Morgan fingerprint density at radius 3 is 3.15 bits per heavy atom. The standard InChI is InChI=1S/C12H20N6O2/c1-3-4-12-14-11(16-20-12)9-18-8-10(15-17-18)7-13-5-6-19-2/h8,13H,3-7,9H2,1-2H3. The van der Waals surface area contributed by atoms with Crippen molar-refractivity contribution in [3.63, 3.8) is 0 Å². The molecule has 0 aliphatic rings. The lowest BCUT2D eigenvalue weighted by Crippen LogP contribution is -2.18. The molecule has 0 aliphatic heterocycles. The molecule has 8 heteroatoms. The van der Waals surface area contributed by atoms with Crippen LogP contribution in [0.3, 0.4) is 0 Å². The molecule has 8 nitrogen and oxygen atoms in total. The van der Waals surface area contributed by atoms with Crippen LogP contribution in [-0.4, -0.2) is 45.4 Å². The van der Waals surface area contributed by atoms with E-state index in [9.17, 15) is 0 Å². The summed E-state index contributed by atoms with van der Waals surface area (Å²) in [7, 11) is 1.68. The summed E-state index contributed by atoms with van der Waals surface area (Å²) in [4.78, 5) is 4.29. The van der Waals surface area contributed by atoms with Crippen molar-refractivity contribution in [2.75, 3.05) is 20.3 Å². The van der Waals surface area contributed by atoms with Crippen LogP contribution in [0.5, 0.6) is 0 Å². The van der Waals surface area contributed by atoms with Crippen molar-refractivity contribution < 1.29 is 9.26 Å². The molecule has 2 heterocycles. The van der Waals surface area contributed by atoms with Gasteiger partial charge in [-0.15, -0.1) is 5.10 Å². The molecule has 0 fully saturated rings. The van der Waals surface area contributed by atoms with Gasteiger partial charge in [0.2, 0.25) is 5.89 Å². The van der Waals surface area contributed by atoms with Crippen LogP contribution in [-0.2, 0) is 24.2 Å². The highest BCUT2D eigenvalue weighted by Gasteiger charge is 2.07. The van der Waals surface area contributed by atoms with Crippen molar-refractivity contribution in [2.24, 2.45) is 0 Å². The quantitative estimate of drug-likeness (QED) is 0.665. The zero-order chi connectivity index (χ0) is 14.2. The Hall–Kier alpha value is -1.80. The molecule has 0 atom stereocenters. The molecule has 2 rings (SSSR count). The van der Waals surface area contributed by atoms with Gasteiger partial charge in [-0.25, -0.2) is 4.68 Å². The van der Waals surface area contributed by atoms with E-state index >= 15 is 0 Å². The van der Waals surface area contributed by atoms with Crippen molar-refractivity contribution >= 4 is 0 Å². The number of hydrogen-bond donors (Lipinski definition) is 1. The van der Waals surface area contributed by atoms with Crippen molar-refractivity contribution in [2.45, 2.75) is 32.9 Å². The van der Waals surface area contributed by atoms with Crippen LogP contribution in [0, 0.1) is 0 Å². The molecule has 20 heavy (non-hydrogen) atoms. The highest BCUT2D eigenvalue weighted by molar-refractivity contribution is 4.94. The molecule has 0 radical (unpaired) electrons. The first-order chi connectivity index (χ1) is 9.81. The number of rotatable bonds is 9. The predicted molar refractivity (Wildman–Crippen MR) is 71.0 cm³/mol. The van der Waals surface area contributed by atoms with E-state index in [1.807, 2.05) is 6.20 Å². The molecule has 0 bridgehead atoms. The van der Waals surface area contributed by atoms with Crippen molar-refractivity contribution in [3.8, 4) is 0 Å². The van der Waals surface area contributed by atoms with E-state index in [0.717, 1.165) is 25.1 Å². The van der Waals surface area contributed by atoms with Gasteiger partial charge < -0.3 is 14.6 Å². The van der Waals surface area contributed by atoms with Crippen LogP contribution in [0.15, 0.2) is 10.7 Å². The molecule has 1 N–H and O–H groups in total. The van der Waals surface area contributed by atoms with Gasteiger partial charge in [0.05, 0.1) is 18.5 Å². The van der Waals surface area contributed by atoms with Gasteiger partial charge in [0.15, 0.2) is 5.82 Å². The summed E-state index contributed by atoms with van der Waals surface area (Å²) in [5.74, 6) is 1.29. The number of nitrogens with one attached hydrogen (secondary N) is 1. The van der Waals surface area contributed by atoms with Gasteiger partial charge in [-0.1, -0.05) is 17.3 Å². The molecule has 0 unspecified atom stereocenters. The number of aromatic nitrogens is 5. The van der Waals surface area contributed by atoms with Crippen LogP contribution >= 0.6 is 0 Å². The Bertz CT molecular complexity index is 510. The van der Waals surface area contributed by atoms with Crippen LogP contribution < -0.4 is 5.32 Å². The molecule has 2 aromatic rings. The van der Waals surface area contributed by atoms with E-state index in [-0.39, 0.29) is 0 Å². The van der Waals surface area contributed by atoms with E-state index in [4.69, 9.17) is 9.26 Å². The first-order valence-corrected chi connectivity index (χ1v) is 6.72. The number of ether oxygens (including phenoxy) is 1. The second kappa shape index (κ2) is 7.71. The third-order valence-corrected chi connectivity index (χ3v) is 2.65. The van der Waals surface area contributed by atoms with E-state index in [0.29, 0.717) is 31.4 Å². The average Bonchev–Trinajstić information content (AvgIpc) is 3.06. The maximum absolute atomic E-state index is 5.13. The molecule has 0 aromatic carbocycles. The zero-order valence-electron chi connectivity index (χ0n) is 11.9. The lowest BCUT2D eigenvalue weighted by Gasteiger charge is -1.99. The van der Waals surface area contributed by atoms with Gasteiger partial charge in [0.25, 0.3) is 0 Å². The minimum absolute atomic E-state index is 0.471. The fourth-order valence-corrected chi connectivity index (χ4v) is 1.70. The number of aryl methyl sites for hydroxylation is 1. The molecule has 0 amide bonds. The van der Waals surface area contributed by atoms with E-state index in [2.05, 4.69) is 32.7 Å². The lowest BCUT2D eigenvalue weighted by molar-refractivity contribution is 0.199. The Kier molecular flexibility index (Phi) is 5.63. The van der Waals surface area contributed by atoms with E-state index in [1.54, 1.807) is 11.8 Å². The molecule has 2 aromatic heterocycles. The molecule has 110 valence electrons. The highest BCUT2D eigenvalue weighted by Crippen LogP contribution is 2.02. The monoisotopic (exact) mass is 280 g/mol. The van der Waals surface area contributed by atoms with Gasteiger partial charge in [-0.3, -0.25) is 0 Å². The normalized spacial score (nSPS) is 11.1. The minimum atomic E-state index is 0.471. The van der Waals surface area contributed by atoms with Crippen molar-refractivity contribution in [1.29, 1.82) is 0 Å². The van der Waals surface area contributed by atoms with Gasteiger partial charge in [0.1, 0.15) is 6.54 Å². The smallest absolute Gasteiger partial charge is 0.226 e. The summed E-state index contributed by atoms with van der Waals surface area (Å²) in [6.07, 6.45) is 3.66. The second-order valence-corrected chi connectivity index (χ2v) is 4.43. The average molecular weight is 280 g/mol. The Labute approximate surface area is 117 Å². The fraction of sp³-hybridized carbons (Fsp3) is 0.667. The molecule has 0 aliphatic carbocycles. The maximum Gasteiger partial charge on any atom is 0.226 e. The Balaban J connectivity index is 1.82. The Morgan fingerprint density at radius 2 is 2.35 bits per heavy atom. The van der Waals surface area contributed by atoms with Gasteiger partial charge >= 0.3 is 0 Å². The third kappa shape index (κ3) is 4.39. The summed E-state index contributed by atoms with van der Waals surface area (Å²) < 4.78 is 11.8. The first kappa shape index (κ1) is 14.6. The van der Waals surface area contributed by atoms with Gasteiger partial charge in [0, 0.05) is 26.6 Å². The van der Waals surface area contributed by atoms with Gasteiger partial charge in [-0.05, 0) is 6.42 Å². The molecule has 0 saturated heterocycles. The van der Waals surface area contributed by atoms with Gasteiger partial charge in [-0.2, -0.15) is 4.98 Å². The van der Waals surface area contributed by atoms with Crippen LogP contribution in [0.2, 0.25) is 0 Å². The molecule has 0 saturated carbocycles. The van der Waals surface area contributed by atoms with Crippen LogP contribution in [0.25, 0.3) is 0 Å². The van der Waals surface area contributed by atoms with Crippen LogP contribution in [0.1, 0.15) is 30.8 Å². The molecular formula is C12H20N6O2.